The summed E-state index contributed by atoms with van der Waals surface area (Å²) in [5.74, 6) is 1.64. The van der Waals surface area contributed by atoms with Crippen LogP contribution in [0.5, 0.6) is 0 Å². The molecule has 228 valence electrons. The number of para-hydroxylation sites is 3. The molecule has 0 radical (unpaired) electrons. The van der Waals surface area contributed by atoms with Crippen molar-refractivity contribution in [3.63, 3.8) is 0 Å². The molecule has 0 aliphatic carbocycles. The van der Waals surface area contributed by atoms with Gasteiger partial charge in [0.25, 0.3) is 0 Å². The van der Waals surface area contributed by atoms with Crippen molar-refractivity contribution in [3.05, 3.63) is 150 Å². The summed E-state index contributed by atoms with van der Waals surface area (Å²) in [7, 11) is 2.00. The third-order valence-electron chi connectivity index (χ3n) is 9.73. The van der Waals surface area contributed by atoms with Crippen LogP contribution in [0.15, 0.2) is 132 Å². The highest BCUT2D eigenvalue weighted by Crippen LogP contribution is 2.53. The van der Waals surface area contributed by atoms with Crippen LogP contribution < -0.4 is 4.90 Å². The molecule has 47 heavy (non-hydrogen) atoms. The molecule has 3 aromatic heterocycles. The monoisotopic (exact) mass is 614 g/mol. The molecule has 0 fully saturated rings. The molecule has 0 saturated heterocycles. The average molecular weight is 615 g/mol. The number of alkyl halides is 1. The zero-order valence-corrected chi connectivity index (χ0v) is 26.3. The molecule has 0 spiro atoms. The Morgan fingerprint density at radius 2 is 1.51 bits per heavy atom. The number of nitrogens with zero attached hydrogens (tertiary/aromatic N) is 4. The molecule has 9 rings (SSSR count). The van der Waals surface area contributed by atoms with Crippen LogP contribution in [-0.2, 0) is 12.5 Å². The quantitative estimate of drug-likeness (QED) is 0.198. The van der Waals surface area contributed by atoms with E-state index in [1.807, 2.05) is 110 Å². The summed E-state index contributed by atoms with van der Waals surface area (Å²) in [6.45, 7) is 4.48. The normalized spacial score (nSPS) is 14.4. The Morgan fingerprint density at radius 3 is 2.38 bits per heavy atom. The SMILES string of the molecule is Cn1c(-c2cccc(C(F)c3cccc(N4c5cc6oc7ccccc7c6cc5C(C)(C)c5cccnc54)c3)c2)nc2ccccc21. The van der Waals surface area contributed by atoms with Crippen molar-refractivity contribution >= 4 is 50.2 Å². The predicted octanol–water partition coefficient (Wildman–Crippen LogP) is 10.7. The van der Waals surface area contributed by atoms with Crippen molar-refractivity contribution in [2.24, 2.45) is 7.05 Å². The number of anilines is 3. The molecule has 0 saturated carbocycles. The van der Waals surface area contributed by atoms with Crippen molar-refractivity contribution in [3.8, 4) is 11.4 Å². The van der Waals surface area contributed by atoms with Crippen LogP contribution in [0.4, 0.5) is 21.6 Å². The van der Waals surface area contributed by atoms with E-state index in [-0.39, 0.29) is 5.41 Å². The van der Waals surface area contributed by atoms with E-state index in [2.05, 4.69) is 47.6 Å². The summed E-state index contributed by atoms with van der Waals surface area (Å²) >= 11 is 0. The fourth-order valence-corrected chi connectivity index (χ4v) is 7.28. The number of halogens is 1. The molecule has 0 N–H and O–H groups in total. The van der Waals surface area contributed by atoms with Gasteiger partial charge in [-0.2, -0.15) is 0 Å². The number of aryl methyl sites for hydroxylation is 1. The number of furan rings is 1. The lowest BCUT2D eigenvalue weighted by molar-refractivity contribution is 0.402. The van der Waals surface area contributed by atoms with E-state index < -0.39 is 6.17 Å². The minimum absolute atomic E-state index is 0.321. The second-order valence-electron chi connectivity index (χ2n) is 12.9. The van der Waals surface area contributed by atoms with E-state index in [1.54, 1.807) is 0 Å². The van der Waals surface area contributed by atoms with Gasteiger partial charge in [-0.1, -0.05) is 80.6 Å². The number of hydrogen-bond donors (Lipinski definition) is 0. The molecule has 6 heteroatoms. The van der Waals surface area contributed by atoms with Crippen molar-refractivity contribution in [2.45, 2.75) is 25.4 Å². The smallest absolute Gasteiger partial charge is 0.150 e. The van der Waals surface area contributed by atoms with Crippen LogP contribution in [-0.4, -0.2) is 14.5 Å². The Labute approximate surface area is 271 Å². The van der Waals surface area contributed by atoms with Crippen LogP contribution in [0.1, 0.15) is 42.3 Å². The Hall–Kier alpha value is -5.75. The van der Waals surface area contributed by atoms with Crippen LogP contribution in [0.2, 0.25) is 0 Å². The van der Waals surface area contributed by atoms with Gasteiger partial charge in [-0.15, -0.1) is 0 Å². The topological polar surface area (TPSA) is 47.1 Å². The van der Waals surface area contributed by atoms with Gasteiger partial charge in [0.15, 0.2) is 6.17 Å². The first-order valence-electron chi connectivity index (χ1n) is 15.9. The first kappa shape index (κ1) is 27.6. The first-order chi connectivity index (χ1) is 22.9. The highest BCUT2D eigenvalue weighted by Gasteiger charge is 2.38. The Kier molecular flexibility index (Phi) is 5.94. The highest BCUT2D eigenvalue weighted by atomic mass is 19.1. The highest BCUT2D eigenvalue weighted by molar-refractivity contribution is 6.07. The summed E-state index contributed by atoms with van der Waals surface area (Å²) < 4.78 is 25.0. The molecule has 1 aliphatic rings. The lowest BCUT2D eigenvalue weighted by Crippen LogP contribution is -2.31. The van der Waals surface area contributed by atoms with Gasteiger partial charge in [0, 0.05) is 52.3 Å². The molecule has 4 heterocycles. The molecule has 5 aromatic carbocycles. The van der Waals surface area contributed by atoms with E-state index in [4.69, 9.17) is 14.4 Å². The fourth-order valence-electron chi connectivity index (χ4n) is 7.28. The van der Waals surface area contributed by atoms with Crippen LogP contribution in [0, 0.1) is 0 Å². The Morgan fingerprint density at radius 1 is 0.723 bits per heavy atom. The summed E-state index contributed by atoms with van der Waals surface area (Å²) in [6.07, 6.45) is 0.479. The van der Waals surface area contributed by atoms with Crippen molar-refractivity contribution in [2.75, 3.05) is 4.90 Å². The summed E-state index contributed by atoms with van der Waals surface area (Å²) in [4.78, 5) is 11.9. The van der Waals surface area contributed by atoms with Crippen LogP contribution in [0.3, 0.4) is 0 Å². The molecule has 0 bridgehead atoms. The number of rotatable bonds is 4. The maximum atomic E-state index is 16.6. The molecular weight excluding hydrogens is 583 g/mol. The molecule has 1 aliphatic heterocycles. The fraction of sp³-hybridized carbons (Fsp3) is 0.122. The summed E-state index contributed by atoms with van der Waals surface area (Å²) in [6, 6.07) is 40.1. The number of imidazole rings is 1. The number of aromatic nitrogens is 3. The van der Waals surface area contributed by atoms with E-state index in [0.29, 0.717) is 11.1 Å². The lowest BCUT2D eigenvalue weighted by Gasteiger charge is -2.41. The van der Waals surface area contributed by atoms with Gasteiger partial charge in [-0.05, 0) is 65.2 Å². The largest absolute Gasteiger partial charge is 0.456 e. The standard InChI is InChI=1S/C41H31FN4O/c1-41(2)31-16-10-20-43-40(31)46(35-24-37-30(23-32(35)41)29-15-4-7-19-36(29)47-37)28-14-9-12-26(22-28)38(42)25-11-8-13-27(21-25)39-44-33-17-5-6-18-34(33)45(39)3/h4-24,38H,1-3H3. The minimum atomic E-state index is -1.34. The third kappa shape index (κ3) is 4.14. The zero-order chi connectivity index (χ0) is 31.9. The van der Waals surface area contributed by atoms with Gasteiger partial charge in [-0.3, -0.25) is 4.90 Å². The van der Waals surface area contributed by atoms with Crippen molar-refractivity contribution in [1.29, 1.82) is 0 Å². The van der Waals surface area contributed by atoms with Gasteiger partial charge in [0.05, 0.1) is 16.7 Å². The van der Waals surface area contributed by atoms with Gasteiger partial charge in [-0.25, -0.2) is 14.4 Å². The summed E-state index contributed by atoms with van der Waals surface area (Å²) in [5.41, 5.74) is 9.40. The molecule has 1 atom stereocenters. The molecule has 1 unspecified atom stereocenters. The first-order valence-corrected chi connectivity index (χ1v) is 15.9. The number of fused-ring (bicyclic) bond motifs is 6. The molecule has 0 amide bonds. The molecule has 8 aromatic rings. The maximum absolute atomic E-state index is 16.6. The van der Waals surface area contributed by atoms with E-state index in [9.17, 15) is 0 Å². The number of pyridine rings is 1. The van der Waals surface area contributed by atoms with Crippen molar-refractivity contribution < 1.29 is 8.81 Å². The van der Waals surface area contributed by atoms with Gasteiger partial charge >= 0.3 is 0 Å². The van der Waals surface area contributed by atoms with Gasteiger partial charge in [0.2, 0.25) is 0 Å². The third-order valence-corrected chi connectivity index (χ3v) is 9.73. The average Bonchev–Trinajstić information content (AvgIpc) is 3.64. The van der Waals surface area contributed by atoms with E-state index in [1.165, 1.54) is 0 Å². The van der Waals surface area contributed by atoms with E-state index in [0.717, 1.165) is 72.7 Å². The maximum Gasteiger partial charge on any atom is 0.150 e. The zero-order valence-electron chi connectivity index (χ0n) is 26.3. The van der Waals surface area contributed by atoms with Crippen LogP contribution in [0.25, 0.3) is 44.4 Å². The lowest BCUT2D eigenvalue weighted by atomic mass is 9.74. The van der Waals surface area contributed by atoms with E-state index >= 15 is 4.39 Å². The number of hydrogen-bond acceptors (Lipinski definition) is 4. The predicted molar refractivity (Wildman–Crippen MR) is 187 cm³/mol. The molecular formula is C41H31FN4O. The Bertz CT molecular complexity index is 2510. The minimum Gasteiger partial charge on any atom is -0.456 e. The van der Waals surface area contributed by atoms with Gasteiger partial charge < -0.3 is 8.98 Å². The molecule has 5 nitrogen and oxygen atoms in total. The second kappa shape index (κ2) is 10.1. The van der Waals surface area contributed by atoms with Gasteiger partial charge in [0.1, 0.15) is 22.8 Å². The van der Waals surface area contributed by atoms with Crippen molar-refractivity contribution in [1.82, 2.24) is 14.5 Å². The van der Waals surface area contributed by atoms with Crippen LogP contribution >= 0.6 is 0 Å². The second-order valence-corrected chi connectivity index (χ2v) is 12.9. The number of benzene rings is 5. The Balaban J connectivity index is 1.16. The summed E-state index contributed by atoms with van der Waals surface area (Å²) in [5, 5.41) is 2.17.